The number of rotatable bonds is 3. The summed E-state index contributed by atoms with van der Waals surface area (Å²) >= 11 is 0. The summed E-state index contributed by atoms with van der Waals surface area (Å²) in [4.78, 5) is 4.04. The van der Waals surface area contributed by atoms with Crippen molar-refractivity contribution in [2.45, 2.75) is 13.8 Å². The van der Waals surface area contributed by atoms with Gasteiger partial charge < -0.3 is 9.47 Å². The van der Waals surface area contributed by atoms with Crippen molar-refractivity contribution in [3.63, 3.8) is 0 Å². The Labute approximate surface area is 96.4 Å². The van der Waals surface area contributed by atoms with Crippen LogP contribution in [0.3, 0.4) is 0 Å². The summed E-state index contributed by atoms with van der Waals surface area (Å²) in [6.07, 6.45) is 3.71. The summed E-state index contributed by atoms with van der Waals surface area (Å²) in [7, 11) is 3.34. The standard InChI is InChI=1S/C13H17NO2/c1-5-7-13(14-3)16-12-9-6-8-11(15-4)10(12)2/h5-9H,1-4H3/b7-5-,14-13?. The van der Waals surface area contributed by atoms with E-state index in [9.17, 15) is 0 Å². The third-order valence-corrected chi connectivity index (χ3v) is 2.20. The van der Waals surface area contributed by atoms with E-state index in [1.165, 1.54) is 0 Å². The lowest BCUT2D eigenvalue weighted by atomic mass is 10.2. The van der Waals surface area contributed by atoms with Gasteiger partial charge in [-0.05, 0) is 32.1 Å². The Bertz CT molecular complexity index is 408. The topological polar surface area (TPSA) is 30.8 Å². The Morgan fingerprint density at radius 2 is 2.00 bits per heavy atom. The molecule has 0 heterocycles. The Kier molecular flexibility index (Phi) is 4.58. The first-order valence-electron chi connectivity index (χ1n) is 5.13. The van der Waals surface area contributed by atoms with Crippen LogP contribution in [0, 0.1) is 6.92 Å². The van der Waals surface area contributed by atoms with E-state index in [0.717, 1.165) is 17.1 Å². The number of aliphatic imine (C=N–C) groups is 1. The summed E-state index contributed by atoms with van der Waals surface area (Å²) in [5.41, 5.74) is 0.968. The van der Waals surface area contributed by atoms with E-state index in [0.29, 0.717) is 5.90 Å². The van der Waals surface area contributed by atoms with Crippen LogP contribution in [-0.4, -0.2) is 20.1 Å². The lowest BCUT2D eigenvalue weighted by molar-refractivity contribution is 0.408. The van der Waals surface area contributed by atoms with E-state index in [2.05, 4.69) is 4.99 Å². The minimum atomic E-state index is 0.582. The molecule has 0 aliphatic rings. The van der Waals surface area contributed by atoms with Gasteiger partial charge >= 0.3 is 0 Å². The zero-order chi connectivity index (χ0) is 12.0. The molecule has 0 unspecified atom stereocenters. The van der Waals surface area contributed by atoms with E-state index in [1.807, 2.05) is 44.2 Å². The van der Waals surface area contributed by atoms with Gasteiger partial charge in [0.25, 0.3) is 0 Å². The van der Waals surface area contributed by atoms with E-state index in [-0.39, 0.29) is 0 Å². The maximum atomic E-state index is 5.66. The zero-order valence-electron chi connectivity index (χ0n) is 10.2. The number of benzene rings is 1. The summed E-state index contributed by atoms with van der Waals surface area (Å²) in [5.74, 6) is 2.16. The number of allylic oxidation sites excluding steroid dienone is 1. The summed E-state index contributed by atoms with van der Waals surface area (Å²) in [6, 6.07) is 5.69. The Balaban J connectivity index is 2.97. The highest BCUT2D eigenvalue weighted by atomic mass is 16.5. The van der Waals surface area contributed by atoms with Crippen LogP contribution < -0.4 is 9.47 Å². The number of hydrogen-bond donors (Lipinski definition) is 0. The van der Waals surface area contributed by atoms with E-state index >= 15 is 0 Å². The fourth-order valence-corrected chi connectivity index (χ4v) is 1.34. The maximum Gasteiger partial charge on any atom is 0.214 e. The molecule has 0 aromatic heterocycles. The van der Waals surface area contributed by atoms with Crippen molar-refractivity contribution in [1.29, 1.82) is 0 Å². The first kappa shape index (κ1) is 12.3. The van der Waals surface area contributed by atoms with Crippen molar-refractivity contribution >= 4 is 5.90 Å². The monoisotopic (exact) mass is 219 g/mol. The third-order valence-electron chi connectivity index (χ3n) is 2.20. The van der Waals surface area contributed by atoms with Gasteiger partial charge in [-0.1, -0.05) is 12.1 Å². The molecule has 0 N–H and O–H groups in total. The molecule has 3 heteroatoms. The second kappa shape index (κ2) is 5.95. The van der Waals surface area contributed by atoms with Crippen LogP contribution in [0.1, 0.15) is 12.5 Å². The fourth-order valence-electron chi connectivity index (χ4n) is 1.34. The zero-order valence-corrected chi connectivity index (χ0v) is 10.2. The molecule has 0 fully saturated rings. The molecule has 86 valence electrons. The smallest absolute Gasteiger partial charge is 0.214 e. The molecule has 0 aliphatic heterocycles. The number of hydrogen-bond acceptors (Lipinski definition) is 3. The fraction of sp³-hybridized carbons (Fsp3) is 0.308. The van der Waals surface area contributed by atoms with Gasteiger partial charge in [-0.25, -0.2) is 0 Å². The molecule has 16 heavy (non-hydrogen) atoms. The number of nitrogens with zero attached hydrogens (tertiary/aromatic N) is 1. The largest absolute Gasteiger partial charge is 0.496 e. The van der Waals surface area contributed by atoms with Gasteiger partial charge in [-0.15, -0.1) is 0 Å². The molecule has 0 atom stereocenters. The van der Waals surface area contributed by atoms with Crippen molar-refractivity contribution in [3.05, 3.63) is 35.9 Å². The molecule has 0 aliphatic carbocycles. The third kappa shape index (κ3) is 2.86. The van der Waals surface area contributed by atoms with Crippen molar-refractivity contribution in [2.75, 3.05) is 14.2 Å². The van der Waals surface area contributed by atoms with Gasteiger partial charge in [-0.2, -0.15) is 0 Å². The predicted octanol–water partition coefficient (Wildman–Crippen LogP) is 2.99. The van der Waals surface area contributed by atoms with Crippen molar-refractivity contribution < 1.29 is 9.47 Å². The molecule has 0 spiro atoms. The van der Waals surface area contributed by atoms with E-state index in [4.69, 9.17) is 9.47 Å². The van der Waals surface area contributed by atoms with Crippen molar-refractivity contribution in [1.82, 2.24) is 0 Å². The Morgan fingerprint density at radius 1 is 1.31 bits per heavy atom. The maximum absolute atomic E-state index is 5.66. The van der Waals surface area contributed by atoms with Gasteiger partial charge in [0.05, 0.1) is 7.11 Å². The Hall–Kier alpha value is -1.77. The quantitative estimate of drug-likeness (QED) is 0.578. The lowest BCUT2D eigenvalue weighted by Gasteiger charge is -2.10. The van der Waals surface area contributed by atoms with Gasteiger partial charge in [0, 0.05) is 12.6 Å². The second-order valence-electron chi connectivity index (χ2n) is 3.25. The summed E-state index contributed by atoms with van der Waals surface area (Å²) in [5, 5.41) is 0. The molecule has 3 nitrogen and oxygen atoms in total. The molecule has 0 bridgehead atoms. The van der Waals surface area contributed by atoms with Crippen LogP contribution in [0.4, 0.5) is 0 Å². The van der Waals surface area contributed by atoms with Crippen LogP contribution >= 0.6 is 0 Å². The molecular weight excluding hydrogens is 202 g/mol. The number of methoxy groups -OCH3 is 1. The lowest BCUT2D eigenvalue weighted by Crippen LogP contribution is -2.06. The first-order valence-corrected chi connectivity index (χ1v) is 5.13. The molecule has 1 rings (SSSR count). The SMILES string of the molecule is C/C=C\C(=NC)Oc1cccc(OC)c1C. The van der Waals surface area contributed by atoms with Crippen LogP contribution in [-0.2, 0) is 0 Å². The average molecular weight is 219 g/mol. The molecule has 0 radical (unpaired) electrons. The molecule has 0 saturated carbocycles. The normalized spacial score (nSPS) is 11.9. The van der Waals surface area contributed by atoms with Crippen LogP contribution in [0.5, 0.6) is 11.5 Å². The average Bonchev–Trinajstić information content (AvgIpc) is 2.31. The molecule has 0 saturated heterocycles. The number of ether oxygens (including phenoxy) is 2. The first-order chi connectivity index (χ1) is 7.72. The van der Waals surface area contributed by atoms with Crippen molar-refractivity contribution in [2.24, 2.45) is 4.99 Å². The highest BCUT2D eigenvalue weighted by Gasteiger charge is 2.06. The Morgan fingerprint density at radius 3 is 2.56 bits per heavy atom. The van der Waals surface area contributed by atoms with Gasteiger partial charge in [0.2, 0.25) is 5.90 Å². The van der Waals surface area contributed by atoms with Crippen LogP contribution in [0.25, 0.3) is 0 Å². The van der Waals surface area contributed by atoms with E-state index in [1.54, 1.807) is 14.2 Å². The summed E-state index contributed by atoms with van der Waals surface area (Å²) in [6.45, 7) is 3.88. The van der Waals surface area contributed by atoms with Gasteiger partial charge in [0.15, 0.2) is 0 Å². The van der Waals surface area contributed by atoms with E-state index < -0.39 is 0 Å². The summed E-state index contributed by atoms with van der Waals surface area (Å²) < 4.78 is 10.9. The minimum absolute atomic E-state index is 0.582. The van der Waals surface area contributed by atoms with Crippen LogP contribution in [0.2, 0.25) is 0 Å². The second-order valence-corrected chi connectivity index (χ2v) is 3.25. The van der Waals surface area contributed by atoms with Gasteiger partial charge in [-0.3, -0.25) is 4.99 Å². The molecular formula is C13H17NO2. The highest BCUT2D eigenvalue weighted by Crippen LogP contribution is 2.27. The highest BCUT2D eigenvalue weighted by molar-refractivity contribution is 5.89. The minimum Gasteiger partial charge on any atom is -0.496 e. The predicted molar refractivity (Wildman–Crippen MR) is 66.5 cm³/mol. The molecule has 1 aromatic rings. The molecule has 1 aromatic carbocycles. The van der Waals surface area contributed by atoms with Crippen molar-refractivity contribution in [3.8, 4) is 11.5 Å². The molecule has 0 amide bonds. The van der Waals surface area contributed by atoms with Crippen LogP contribution in [0.15, 0.2) is 35.3 Å². The van der Waals surface area contributed by atoms with Gasteiger partial charge in [0.1, 0.15) is 11.5 Å².